The zero-order valence-corrected chi connectivity index (χ0v) is 23.3. The van der Waals surface area contributed by atoms with E-state index in [-0.39, 0.29) is 17.7 Å². The van der Waals surface area contributed by atoms with Crippen LogP contribution in [0.2, 0.25) is 0 Å². The number of pyridine rings is 1. The van der Waals surface area contributed by atoms with E-state index in [1.807, 2.05) is 30.7 Å². The Balaban J connectivity index is 1.37. The van der Waals surface area contributed by atoms with Gasteiger partial charge >= 0.3 is 6.18 Å². The van der Waals surface area contributed by atoms with Gasteiger partial charge in [-0.25, -0.2) is 4.98 Å². The Morgan fingerprint density at radius 2 is 1.88 bits per heavy atom. The summed E-state index contributed by atoms with van der Waals surface area (Å²) >= 11 is 0. The zero-order valence-electron chi connectivity index (χ0n) is 23.3. The number of aryl methyl sites for hydroxylation is 1. The van der Waals surface area contributed by atoms with Crippen molar-refractivity contribution in [3.63, 3.8) is 0 Å². The minimum Gasteiger partial charge on any atom is -0.379 e. The van der Waals surface area contributed by atoms with E-state index in [9.17, 15) is 18.0 Å². The highest BCUT2D eigenvalue weighted by atomic mass is 19.4. The van der Waals surface area contributed by atoms with Crippen molar-refractivity contribution < 1.29 is 22.7 Å². The number of carbonyl (C=O) groups is 1. The first kappa shape index (κ1) is 27.6. The molecule has 0 atom stereocenters. The average Bonchev–Trinajstić information content (AvgIpc) is 3.48. The standard InChI is InChI=1S/C29H34F3N7O2/c1-3-33-24-11-20(28(16-41-17-28)13-26-36-34-18-37(26)2)12-25(35-24)39-15-22-21(27(39)40)9-19(10-23(22)29(30,31)32)14-38-7-5-4-6-8-38/h9-12,18H,3-8,13-17H2,1-2H3,(H,33,35). The van der Waals surface area contributed by atoms with Crippen LogP contribution in [0.5, 0.6) is 0 Å². The molecule has 0 saturated carbocycles. The molecule has 0 unspecified atom stereocenters. The Morgan fingerprint density at radius 3 is 2.51 bits per heavy atom. The van der Waals surface area contributed by atoms with Gasteiger partial charge in [-0.15, -0.1) is 10.2 Å². The molecule has 2 fully saturated rings. The van der Waals surface area contributed by atoms with Gasteiger partial charge in [-0.05, 0) is 73.8 Å². The number of rotatable bonds is 8. The molecule has 2 saturated heterocycles. The molecule has 6 rings (SSSR count). The largest absolute Gasteiger partial charge is 0.416 e. The Kier molecular flexibility index (Phi) is 7.23. The first-order chi connectivity index (χ1) is 19.7. The van der Waals surface area contributed by atoms with Crippen LogP contribution >= 0.6 is 0 Å². The molecule has 0 radical (unpaired) electrons. The number of anilines is 2. The van der Waals surface area contributed by atoms with Crippen LogP contribution in [0.25, 0.3) is 0 Å². The predicted molar refractivity (Wildman–Crippen MR) is 147 cm³/mol. The van der Waals surface area contributed by atoms with E-state index in [0.717, 1.165) is 43.7 Å². The third-order valence-corrected chi connectivity index (χ3v) is 8.38. The number of aromatic nitrogens is 4. The lowest BCUT2D eigenvalue weighted by atomic mass is 9.75. The minimum atomic E-state index is -4.58. The summed E-state index contributed by atoms with van der Waals surface area (Å²) in [5, 5.41) is 11.5. The first-order valence-corrected chi connectivity index (χ1v) is 14.1. The average molecular weight is 570 g/mol. The van der Waals surface area contributed by atoms with Crippen molar-refractivity contribution in [2.45, 2.75) is 57.3 Å². The van der Waals surface area contributed by atoms with Crippen LogP contribution in [0, 0.1) is 0 Å². The van der Waals surface area contributed by atoms with E-state index in [1.165, 1.54) is 11.0 Å². The number of fused-ring (bicyclic) bond motifs is 1. The zero-order chi connectivity index (χ0) is 28.8. The van der Waals surface area contributed by atoms with Crippen LogP contribution in [-0.2, 0) is 42.9 Å². The SMILES string of the molecule is CCNc1cc(C2(Cc3nncn3C)COC2)cc(N2Cc3c(cc(CN4CCCCC4)cc3C(F)(F)F)C2=O)n1. The van der Waals surface area contributed by atoms with Crippen molar-refractivity contribution in [1.29, 1.82) is 0 Å². The molecule has 1 aromatic carbocycles. The fourth-order valence-electron chi connectivity index (χ4n) is 6.09. The quantitative estimate of drug-likeness (QED) is 0.432. The number of hydrogen-bond donors (Lipinski definition) is 1. The number of nitrogens with zero attached hydrogens (tertiary/aromatic N) is 6. The highest BCUT2D eigenvalue weighted by molar-refractivity contribution is 6.10. The van der Waals surface area contributed by atoms with E-state index in [4.69, 9.17) is 4.74 Å². The predicted octanol–water partition coefficient (Wildman–Crippen LogP) is 4.32. The van der Waals surface area contributed by atoms with Crippen molar-refractivity contribution in [2.75, 3.05) is 43.1 Å². The number of alkyl halides is 3. The number of piperidine rings is 1. The molecular weight excluding hydrogens is 535 g/mol. The Hall–Kier alpha value is -3.51. The highest BCUT2D eigenvalue weighted by Crippen LogP contribution is 2.42. The normalized spacial score (nSPS) is 18.9. The topological polar surface area (TPSA) is 88.4 Å². The summed E-state index contributed by atoms with van der Waals surface area (Å²) in [7, 11) is 1.88. The van der Waals surface area contributed by atoms with Gasteiger partial charge in [-0.1, -0.05) is 6.42 Å². The molecule has 1 amide bonds. The van der Waals surface area contributed by atoms with E-state index in [1.54, 1.807) is 12.4 Å². The van der Waals surface area contributed by atoms with Crippen molar-refractivity contribution in [1.82, 2.24) is 24.6 Å². The van der Waals surface area contributed by atoms with E-state index in [0.29, 0.717) is 49.9 Å². The molecule has 2 aromatic heterocycles. The number of benzene rings is 1. The summed E-state index contributed by atoms with van der Waals surface area (Å²) in [4.78, 5) is 22.0. The highest BCUT2D eigenvalue weighted by Gasteiger charge is 2.44. The van der Waals surface area contributed by atoms with Crippen LogP contribution in [0.3, 0.4) is 0 Å². The van der Waals surface area contributed by atoms with Gasteiger partial charge < -0.3 is 14.6 Å². The molecule has 3 aromatic rings. The van der Waals surface area contributed by atoms with Crippen molar-refractivity contribution in [3.8, 4) is 0 Å². The van der Waals surface area contributed by atoms with Crippen molar-refractivity contribution >= 4 is 17.5 Å². The maximum atomic E-state index is 14.3. The summed E-state index contributed by atoms with van der Waals surface area (Å²) in [6.45, 7) is 5.32. The molecule has 0 aliphatic carbocycles. The maximum Gasteiger partial charge on any atom is 0.416 e. The second-order valence-electron chi connectivity index (χ2n) is 11.3. The maximum absolute atomic E-state index is 14.3. The number of halogens is 3. The summed E-state index contributed by atoms with van der Waals surface area (Å²) in [6, 6.07) is 6.61. The molecule has 3 aliphatic rings. The summed E-state index contributed by atoms with van der Waals surface area (Å²) in [5.41, 5.74) is 0.340. The van der Waals surface area contributed by atoms with Crippen LogP contribution in [0.1, 0.15) is 64.6 Å². The number of nitrogens with one attached hydrogen (secondary N) is 1. The molecule has 0 spiro atoms. The van der Waals surface area contributed by atoms with Gasteiger partial charge in [-0.2, -0.15) is 13.2 Å². The molecule has 41 heavy (non-hydrogen) atoms. The molecule has 1 N–H and O–H groups in total. The lowest BCUT2D eigenvalue weighted by molar-refractivity contribution is -0.138. The Bertz CT molecular complexity index is 1440. The lowest BCUT2D eigenvalue weighted by Crippen LogP contribution is -2.49. The number of likely N-dealkylation sites (tertiary alicyclic amines) is 1. The van der Waals surface area contributed by atoms with Gasteiger partial charge in [0.1, 0.15) is 23.8 Å². The van der Waals surface area contributed by atoms with E-state index < -0.39 is 23.1 Å². The van der Waals surface area contributed by atoms with Gasteiger partial charge in [0.15, 0.2) is 0 Å². The molecule has 9 nitrogen and oxygen atoms in total. The lowest BCUT2D eigenvalue weighted by Gasteiger charge is -2.42. The van der Waals surface area contributed by atoms with Crippen LogP contribution in [-0.4, -0.2) is 63.4 Å². The third-order valence-electron chi connectivity index (χ3n) is 8.38. The van der Waals surface area contributed by atoms with Gasteiger partial charge in [0.2, 0.25) is 0 Å². The first-order valence-electron chi connectivity index (χ1n) is 14.1. The fourth-order valence-corrected chi connectivity index (χ4v) is 6.09. The van der Waals surface area contributed by atoms with Gasteiger partial charge in [-0.3, -0.25) is 14.6 Å². The number of ether oxygens (including phenoxy) is 1. The van der Waals surface area contributed by atoms with E-state index in [2.05, 4.69) is 25.4 Å². The number of hydrogen-bond acceptors (Lipinski definition) is 7. The van der Waals surface area contributed by atoms with Crippen LogP contribution < -0.4 is 10.2 Å². The summed E-state index contributed by atoms with van der Waals surface area (Å²) in [6.07, 6.45) is 0.820. The van der Waals surface area contributed by atoms with Gasteiger partial charge in [0, 0.05) is 37.5 Å². The summed E-state index contributed by atoms with van der Waals surface area (Å²) in [5.74, 6) is 1.19. The van der Waals surface area contributed by atoms with Crippen LogP contribution in [0.4, 0.5) is 24.8 Å². The van der Waals surface area contributed by atoms with Crippen LogP contribution in [0.15, 0.2) is 30.6 Å². The second-order valence-corrected chi connectivity index (χ2v) is 11.3. The second kappa shape index (κ2) is 10.7. The van der Waals surface area contributed by atoms with Gasteiger partial charge in [0.05, 0.1) is 25.3 Å². The van der Waals surface area contributed by atoms with Crippen molar-refractivity contribution in [2.24, 2.45) is 7.05 Å². The molecule has 3 aliphatic heterocycles. The molecule has 5 heterocycles. The smallest absolute Gasteiger partial charge is 0.379 e. The van der Waals surface area contributed by atoms with E-state index >= 15 is 0 Å². The Morgan fingerprint density at radius 1 is 1.10 bits per heavy atom. The Labute approximate surface area is 236 Å². The minimum absolute atomic E-state index is 0.00266. The van der Waals surface area contributed by atoms with Crippen molar-refractivity contribution in [3.05, 3.63) is 64.2 Å². The molecular formula is C29H34F3N7O2. The monoisotopic (exact) mass is 569 g/mol. The van der Waals surface area contributed by atoms with Gasteiger partial charge in [0.25, 0.3) is 5.91 Å². The summed E-state index contributed by atoms with van der Waals surface area (Å²) < 4.78 is 50.4. The molecule has 218 valence electrons. The molecule has 0 bridgehead atoms. The molecule has 12 heteroatoms. The fraction of sp³-hybridized carbons (Fsp3) is 0.517. The number of amides is 1. The number of carbonyl (C=O) groups excluding carboxylic acids is 1. The third kappa shape index (κ3) is 5.30.